The van der Waals surface area contributed by atoms with E-state index in [1.54, 1.807) is 6.92 Å². The highest BCUT2D eigenvalue weighted by atomic mass is 16.1. The highest BCUT2D eigenvalue weighted by Crippen LogP contribution is 2.06. The van der Waals surface area contributed by atoms with Gasteiger partial charge in [0.25, 0.3) is 0 Å². The second-order valence-corrected chi connectivity index (χ2v) is 4.20. The summed E-state index contributed by atoms with van der Waals surface area (Å²) in [7, 11) is 4.20. The van der Waals surface area contributed by atoms with E-state index in [0.717, 1.165) is 25.8 Å². The minimum absolute atomic E-state index is 0.0344. The average Bonchev–Trinajstić information content (AvgIpc) is 2.16. The van der Waals surface area contributed by atoms with Gasteiger partial charge < -0.3 is 10.2 Å². The normalized spacial score (nSPS) is 12.6. The first kappa shape index (κ1) is 14.2. The van der Waals surface area contributed by atoms with Crippen LogP contribution in [0.4, 0.5) is 0 Å². The molecule has 0 radical (unpaired) electrons. The van der Waals surface area contributed by atoms with Crippen molar-refractivity contribution in [2.75, 3.05) is 20.6 Å². The molecular formula is C12H24N2O. The van der Waals surface area contributed by atoms with Crippen LogP contribution in [0.2, 0.25) is 0 Å². The number of hydrogen-bond acceptors (Lipinski definition) is 2. The van der Waals surface area contributed by atoms with Crippen LogP contribution in [0.3, 0.4) is 0 Å². The predicted octanol–water partition coefficient (Wildman–Crippen LogP) is 1.80. The van der Waals surface area contributed by atoms with Gasteiger partial charge in [0.2, 0.25) is 5.91 Å². The van der Waals surface area contributed by atoms with Crippen molar-refractivity contribution in [1.82, 2.24) is 10.2 Å². The van der Waals surface area contributed by atoms with E-state index in [1.807, 2.05) is 0 Å². The Morgan fingerprint density at radius 2 is 2.07 bits per heavy atom. The molecule has 3 heteroatoms. The van der Waals surface area contributed by atoms with Gasteiger partial charge in [0.15, 0.2) is 0 Å². The molecule has 0 heterocycles. The smallest absolute Gasteiger partial charge is 0.246 e. The molecule has 0 spiro atoms. The van der Waals surface area contributed by atoms with Gasteiger partial charge in [-0.15, -0.1) is 0 Å². The monoisotopic (exact) mass is 212 g/mol. The summed E-state index contributed by atoms with van der Waals surface area (Å²) < 4.78 is 0. The first-order valence-electron chi connectivity index (χ1n) is 5.59. The van der Waals surface area contributed by atoms with Crippen LogP contribution in [-0.4, -0.2) is 37.5 Å². The molecule has 1 amide bonds. The molecular weight excluding hydrogens is 188 g/mol. The molecule has 1 atom stereocenters. The Hall–Kier alpha value is -0.830. The van der Waals surface area contributed by atoms with E-state index in [1.165, 1.54) is 0 Å². The number of hydrogen-bond donors (Lipinski definition) is 1. The number of nitrogens with zero attached hydrogens (tertiary/aromatic N) is 1. The quantitative estimate of drug-likeness (QED) is 0.515. The van der Waals surface area contributed by atoms with Gasteiger partial charge in [-0.05, 0) is 40.3 Å². The maximum absolute atomic E-state index is 11.2. The number of carbonyl (C=O) groups is 1. The Morgan fingerprint density at radius 3 is 2.47 bits per heavy atom. The SMILES string of the molecule is C=C(C)C(=O)NCCCC(CC)N(C)C. The number of nitrogens with one attached hydrogen (secondary N) is 1. The lowest BCUT2D eigenvalue weighted by molar-refractivity contribution is -0.117. The molecule has 3 nitrogen and oxygen atoms in total. The highest BCUT2D eigenvalue weighted by Gasteiger charge is 2.08. The first-order chi connectivity index (χ1) is 6.99. The molecule has 1 N–H and O–H groups in total. The lowest BCUT2D eigenvalue weighted by atomic mass is 10.1. The summed E-state index contributed by atoms with van der Waals surface area (Å²) in [5.41, 5.74) is 0.578. The molecule has 0 aromatic heterocycles. The van der Waals surface area contributed by atoms with E-state index in [9.17, 15) is 4.79 Å². The van der Waals surface area contributed by atoms with Crippen molar-refractivity contribution < 1.29 is 4.79 Å². The fraction of sp³-hybridized carbons (Fsp3) is 0.750. The van der Waals surface area contributed by atoms with Crippen LogP contribution in [0, 0.1) is 0 Å². The fourth-order valence-corrected chi connectivity index (χ4v) is 1.52. The minimum atomic E-state index is -0.0344. The lowest BCUT2D eigenvalue weighted by Crippen LogP contribution is -2.30. The third kappa shape index (κ3) is 6.28. The molecule has 0 aromatic carbocycles. The van der Waals surface area contributed by atoms with Crippen LogP contribution < -0.4 is 5.32 Å². The van der Waals surface area contributed by atoms with E-state index < -0.39 is 0 Å². The summed E-state index contributed by atoms with van der Waals surface area (Å²) in [4.78, 5) is 13.4. The first-order valence-corrected chi connectivity index (χ1v) is 5.59. The van der Waals surface area contributed by atoms with E-state index in [-0.39, 0.29) is 5.91 Å². The van der Waals surface area contributed by atoms with Gasteiger partial charge in [-0.1, -0.05) is 13.5 Å². The van der Waals surface area contributed by atoms with Gasteiger partial charge in [-0.2, -0.15) is 0 Å². The minimum Gasteiger partial charge on any atom is -0.352 e. The van der Waals surface area contributed by atoms with Crippen molar-refractivity contribution >= 4 is 5.91 Å². The second kappa shape index (κ2) is 7.46. The van der Waals surface area contributed by atoms with Crippen molar-refractivity contribution in [3.8, 4) is 0 Å². The Bertz CT molecular complexity index is 212. The summed E-state index contributed by atoms with van der Waals surface area (Å²) in [6.07, 6.45) is 3.30. The maximum Gasteiger partial charge on any atom is 0.246 e. The predicted molar refractivity (Wildman–Crippen MR) is 64.8 cm³/mol. The van der Waals surface area contributed by atoms with Gasteiger partial charge in [-0.3, -0.25) is 4.79 Å². The van der Waals surface area contributed by atoms with Gasteiger partial charge in [0, 0.05) is 18.2 Å². The van der Waals surface area contributed by atoms with Gasteiger partial charge in [0.1, 0.15) is 0 Å². The molecule has 0 aliphatic heterocycles. The zero-order valence-corrected chi connectivity index (χ0v) is 10.5. The van der Waals surface area contributed by atoms with Gasteiger partial charge >= 0.3 is 0 Å². The molecule has 0 rings (SSSR count). The van der Waals surface area contributed by atoms with Crippen LogP contribution in [-0.2, 0) is 4.79 Å². The van der Waals surface area contributed by atoms with Crippen molar-refractivity contribution in [3.05, 3.63) is 12.2 Å². The summed E-state index contributed by atoms with van der Waals surface area (Å²) in [6, 6.07) is 0.617. The molecule has 0 aliphatic rings. The fourth-order valence-electron chi connectivity index (χ4n) is 1.52. The van der Waals surface area contributed by atoms with Crippen LogP contribution >= 0.6 is 0 Å². The van der Waals surface area contributed by atoms with Gasteiger partial charge in [-0.25, -0.2) is 0 Å². The van der Waals surface area contributed by atoms with E-state index in [0.29, 0.717) is 11.6 Å². The molecule has 0 saturated carbocycles. The van der Waals surface area contributed by atoms with Crippen molar-refractivity contribution in [1.29, 1.82) is 0 Å². The van der Waals surface area contributed by atoms with E-state index in [2.05, 4.69) is 37.8 Å². The summed E-state index contributed by atoms with van der Waals surface area (Å²) in [5, 5.41) is 2.84. The zero-order valence-electron chi connectivity index (χ0n) is 10.5. The largest absolute Gasteiger partial charge is 0.352 e. The summed E-state index contributed by atoms with van der Waals surface area (Å²) in [5.74, 6) is -0.0344. The molecule has 1 unspecified atom stereocenters. The highest BCUT2D eigenvalue weighted by molar-refractivity contribution is 5.91. The Labute approximate surface area is 93.5 Å². The molecule has 0 aromatic rings. The van der Waals surface area contributed by atoms with Crippen molar-refractivity contribution in [2.45, 2.75) is 39.2 Å². The van der Waals surface area contributed by atoms with Gasteiger partial charge in [0.05, 0.1) is 0 Å². The van der Waals surface area contributed by atoms with Crippen LogP contribution in [0.1, 0.15) is 33.1 Å². The Balaban J connectivity index is 3.61. The standard InChI is InChI=1S/C12H24N2O/c1-6-11(14(4)5)8-7-9-13-12(15)10(2)3/h11H,2,6-9H2,1,3-5H3,(H,13,15). The van der Waals surface area contributed by atoms with Crippen molar-refractivity contribution in [2.24, 2.45) is 0 Å². The van der Waals surface area contributed by atoms with Crippen LogP contribution in [0.25, 0.3) is 0 Å². The number of amides is 1. The topological polar surface area (TPSA) is 32.3 Å². The zero-order chi connectivity index (χ0) is 11.8. The summed E-state index contributed by atoms with van der Waals surface area (Å²) in [6.45, 7) is 8.26. The third-order valence-electron chi connectivity index (χ3n) is 2.59. The Morgan fingerprint density at radius 1 is 1.47 bits per heavy atom. The molecule has 0 aliphatic carbocycles. The molecule has 15 heavy (non-hydrogen) atoms. The van der Waals surface area contributed by atoms with Crippen LogP contribution in [0.15, 0.2) is 12.2 Å². The molecule has 88 valence electrons. The number of carbonyl (C=O) groups excluding carboxylic acids is 1. The second-order valence-electron chi connectivity index (χ2n) is 4.20. The molecule has 0 saturated heterocycles. The third-order valence-corrected chi connectivity index (χ3v) is 2.59. The van der Waals surface area contributed by atoms with E-state index >= 15 is 0 Å². The molecule has 0 fully saturated rings. The average molecular weight is 212 g/mol. The van der Waals surface area contributed by atoms with Crippen LogP contribution in [0.5, 0.6) is 0 Å². The Kier molecular flexibility index (Phi) is 7.05. The number of rotatable bonds is 7. The summed E-state index contributed by atoms with van der Waals surface area (Å²) >= 11 is 0. The van der Waals surface area contributed by atoms with E-state index in [4.69, 9.17) is 0 Å². The molecule has 0 bridgehead atoms. The van der Waals surface area contributed by atoms with Crippen molar-refractivity contribution in [3.63, 3.8) is 0 Å². The lowest BCUT2D eigenvalue weighted by Gasteiger charge is -2.22. The maximum atomic E-state index is 11.2.